The number of carbonyl (C=O) groups excluding carboxylic acids is 2. The van der Waals surface area contributed by atoms with Crippen molar-refractivity contribution in [1.82, 2.24) is 10.2 Å². The van der Waals surface area contributed by atoms with Crippen molar-refractivity contribution in [3.63, 3.8) is 0 Å². The Morgan fingerprint density at radius 2 is 2.08 bits per heavy atom. The van der Waals surface area contributed by atoms with E-state index in [1.807, 2.05) is 42.2 Å². The molecule has 7 nitrogen and oxygen atoms in total. The summed E-state index contributed by atoms with van der Waals surface area (Å²) in [5.74, 6) is -0.815. The molecular formula is C18H25N3O4S. The average Bonchev–Trinajstić information content (AvgIpc) is 2.92. The minimum Gasteiger partial charge on any atom is -0.469 e. The number of methoxy groups -OCH3 is 1. The second kappa shape index (κ2) is 8.95. The van der Waals surface area contributed by atoms with Gasteiger partial charge in [-0.15, -0.1) is 0 Å². The summed E-state index contributed by atoms with van der Waals surface area (Å²) in [6.45, 7) is 3.22. The second-order valence-electron chi connectivity index (χ2n) is 6.48. The maximum Gasteiger partial charge on any atom is 0.408 e. The van der Waals surface area contributed by atoms with E-state index in [2.05, 4.69) is 5.32 Å². The van der Waals surface area contributed by atoms with E-state index in [0.717, 1.165) is 5.56 Å². The lowest BCUT2D eigenvalue weighted by molar-refractivity contribution is -0.145. The highest BCUT2D eigenvalue weighted by molar-refractivity contribution is 7.80. The molecule has 0 radical (unpaired) electrons. The van der Waals surface area contributed by atoms with Crippen LogP contribution in [0.25, 0.3) is 0 Å². The van der Waals surface area contributed by atoms with Crippen molar-refractivity contribution in [1.29, 1.82) is 0 Å². The van der Waals surface area contributed by atoms with Gasteiger partial charge in [-0.05, 0) is 18.9 Å². The topological polar surface area (TPSA) is 93.9 Å². The number of rotatable bonds is 7. The number of carbonyl (C=O) groups is 2. The number of hydrogen-bond acceptors (Lipinski definition) is 6. The highest BCUT2D eigenvalue weighted by Crippen LogP contribution is 2.25. The molecule has 2 atom stereocenters. The van der Waals surface area contributed by atoms with Crippen LogP contribution in [0, 0.1) is 5.92 Å². The molecule has 0 aliphatic carbocycles. The predicted octanol–water partition coefficient (Wildman–Crippen LogP) is 1.45. The Hall–Kier alpha value is -2.19. The molecule has 0 aromatic heterocycles. The Kier molecular flexibility index (Phi) is 6.93. The molecule has 1 aliphatic heterocycles. The molecule has 1 fully saturated rings. The number of alkyl carbamates (subject to hydrolysis) is 1. The molecule has 3 N–H and O–H groups in total. The van der Waals surface area contributed by atoms with E-state index in [9.17, 15) is 9.59 Å². The van der Waals surface area contributed by atoms with E-state index in [-0.39, 0.29) is 19.1 Å². The second-order valence-corrected chi connectivity index (χ2v) is 6.86. The highest BCUT2D eigenvalue weighted by Gasteiger charge is 2.42. The van der Waals surface area contributed by atoms with Gasteiger partial charge in [0.25, 0.3) is 0 Å². The normalized spacial score (nSPS) is 20.6. The Morgan fingerprint density at radius 1 is 1.38 bits per heavy atom. The number of benzene rings is 1. The van der Waals surface area contributed by atoms with Gasteiger partial charge < -0.3 is 25.4 Å². The Bertz CT molecular complexity index is 655. The van der Waals surface area contributed by atoms with Crippen LogP contribution < -0.4 is 11.1 Å². The van der Waals surface area contributed by atoms with Crippen LogP contribution >= 0.6 is 12.2 Å². The number of amides is 1. The largest absolute Gasteiger partial charge is 0.469 e. The minimum atomic E-state index is -0.696. The fourth-order valence-electron chi connectivity index (χ4n) is 2.87. The van der Waals surface area contributed by atoms with Crippen LogP contribution in [0.1, 0.15) is 18.9 Å². The molecular weight excluding hydrogens is 354 g/mol. The van der Waals surface area contributed by atoms with Gasteiger partial charge in [0.05, 0.1) is 18.6 Å². The lowest BCUT2D eigenvalue weighted by Crippen LogP contribution is -2.52. The fraction of sp³-hybridized carbons (Fsp3) is 0.500. The van der Waals surface area contributed by atoms with Gasteiger partial charge in [-0.2, -0.15) is 0 Å². The molecule has 142 valence electrons. The number of nitrogens with zero attached hydrogens (tertiary/aromatic N) is 1. The van der Waals surface area contributed by atoms with Crippen molar-refractivity contribution in [2.45, 2.75) is 25.5 Å². The van der Waals surface area contributed by atoms with Gasteiger partial charge in [-0.1, -0.05) is 42.5 Å². The van der Waals surface area contributed by atoms with Gasteiger partial charge in [0.1, 0.15) is 11.6 Å². The third-order valence-corrected chi connectivity index (χ3v) is 5.20. The first-order valence-corrected chi connectivity index (χ1v) is 8.86. The molecule has 0 bridgehead atoms. The van der Waals surface area contributed by atoms with Gasteiger partial charge in [-0.3, -0.25) is 4.79 Å². The van der Waals surface area contributed by atoms with E-state index >= 15 is 0 Å². The number of nitrogens with two attached hydrogens (primary N) is 1. The molecule has 1 aliphatic rings. The zero-order valence-corrected chi connectivity index (χ0v) is 15.9. The summed E-state index contributed by atoms with van der Waals surface area (Å²) < 4.78 is 10.0. The number of hydrogen-bond donors (Lipinski definition) is 2. The van der Waals surface area contributed by atoms with E-state index in [0.29, 0.717) is 24.5 Å². The standard InChI is InChI=1S/C18H25N3O4S/c1-18(20-17(23)25-12-13-6-4-3-5-7-13)8-9-21(16(18)26)11-14(10-19)15(22)24-2/h3-7,14H,8-12,19H2,1-2H3,(H,20,23)/t14?,18-/m1/s1. The van der Waals surface area contributed by atoms with Crippen molar-refractivity contribution in [2.24, 2.45) is 11.7 Å². The van der Waals surface area contributed by atoms with E-state index < -0.39 is 17.6 Å². The Labute approximate surface area is 158 Å². The molecule has 1 heterocycles. The van der Waals surface area contributed by atoms with Gasteiger partial charge in [-0.25, -0.2) is 4.79 Å². The van der Waals surface area contributed by atoms with Crippen LogP contribution in [0.4, 0.5) is 4.79 Å². The zero-order chi connectivity index (χ0) is 19.2. The maximum absolute atomic E-state index is 12.2. The summed E-state index contributed by atoms with van der Waals surface area (Å²) in [6, 6.07) is 9.45. The molecule has 0 saturated carbocycles. The maximum atomic E-state index is 12.2. The van der Waals surface area contributed by atoms with Crippen LogP contribution in [0.15, 0.2) is 30.3 Å². The highest BCUT2D eigenvalue weighted by atomic mass is 32.1. The molecule has 1 amide bonds. The van der Waals surface area contributed by atoms with Crippen LogP contribution in [0.5, 0.6) is 0 Å². The van der Waals surface area contributed by atoms with E-state index in [4.69, 9.17) is 27.4 Å². The summed E-state index contributed by atoms with van der Waals surface area (Å²) in [5, 5.41) is 2.85. The summed E-state index contributed by atoms with van der Waals surface area (Å²) in [4.78, 5) is 26.3. The molecule has 1 unspecified atom stereocenters. The predicted molar refractivity (Wildman–Crippen MR) is 102 cm³/mol. The van der Waals surface area contributed by atoms with Crippen molar-refractivity contribution in [3.05, 3.63) is 35.9 Å². The summed E-state index contributed by atoms with van der Waals surface area (Å²) in [5.41, 5.74) is 5.87. The van der Waals surface area contributed by atoms with Crippen LogP contribution in [-0.4, -0.2) is 54.2 Å². The SMILES string of the molecule is COC(=O)C(CN)CN1CC[C@@](C)(NC(=O)OCc2ccccc2)C1=S. The smallest absolute Gasteiger partial charge is 0.408 e. The molecule has 1 aromatic rings. The first-order valence-electron chi connectivity index (χ1n) is 8.45. The van der Waals surface area contributed by atoms with Crippen molar-refractivity contribution in [3.8, 4) is 0 Å². The number of ether oxygens (including phenoxy) is 2. The van der Waals surface area contributed by atoms with Crippen molar-refractivity contribution >= 4 is 29.3 Å². The molecule has 8 heteroatoms. The third-order valence-electron chi connectivity index (χ3n) is 4.49. The van der Waals surface area contributed by atoms with Crippen LogP contribution in [-0.2, 0) is 20.9 Å². The Morgan fingerprint density at radius 3 is 2.69 bits per heavy atom. The summed E-state index contributed by atoms with van der Waals surface area (Å²) in [6.07, 6.45) is 0.106. The third kappa shape index (κ3) is 4.92. The minimum absolute atomic E-state index is 0.176. The summed E-state index contributed by atoms with van der Waals surface area (Å²) in [7, 11) is 1.34. The number of nitrogens with one attached hydrogen (secondary N) is 1. The Balaban J connectivity index is 1.90. The van der Waals surface area contributed by atoms with Gasteiger partial charge >= 0.3 is 12.1 Å². The van der Waals surface area contributed by atoms with Crippen LogP contribution in [0.2, 0.25) is 0 Å². The molecule has 1 aromatic carbocycles. The number of likely N-dealkylation sites (tertiary alicyclic amines) is 1. The van der Waals surface area contributed by atoms with E-state index in [1.165, 1.54) is 7.11 Å². The number of thiocarbonyl (C=S) groups is 1. The quantitative estimate of drug-likeness (QED) is 0.547. The first-order chi connectivity index (χ1) is 12.4. The molecule has 1 saturated heterocycles. The molecule has 0 spiro atoms. The summed E-state index contributed by atoms with van der Waals surface area (Å²) >= 11 is 5.52. The zero-order valence-electron chi connectivity index (χ0n) is 15.1. The van der Waals surface area contributed by atoms with Gasteiger partial charge in [0.15, 0.2) is 0 Å². The first kappa shape index (κ1) is 20.1. The lowest BCUT2D eigenvalue weighted by atomic mass is 10.0. The van der Waals surface area contributed by atoms with E-state index in [1.54, 1.807) is 0 Å². The van der Waals surface area contributed by atoms with Gasteiger partial charge in [0, 0.05) is 19.6 Å². The molecule has 2 rings (SSSR count). The van der Waals surface area contributed by atoms with Crippen LogP contribution in [0.3, 0.4) is 0 Å². The monoisotopic (exact) mass is 379 g/mol. The van der Waals surface area contributed by atoms with Gasteiger partial charge in [0.2, 0.25) is 0 Å². The number of esters is 1. The molecule has 26 heavy (non-hydrogen) atoms. The fourth-order valence-corrected chi connectivity index (χ4v) is 3.19. The van der Waals surface area contributed by atoms with Crippen molar-refractivity contribution < 1.29 is 19.1 Å². The van der Waals surface area contributed by atoms with Crippen molar-refractivity contribution in [2.75, 3.05) is 26.7 Å². The average molecular weight is 379 g/mol. The lowest BCUT2D eigenvalue weighted by Gasteiger charge is -2.28.